The minimum absolute atomic E-state index is 0.0618. The van der Waals surface area contributed by atoms with E-state index in [0.717, 1.165) is 30.9 Å². The summed E-state index contributed by atoms with van der Waals surface area (Å²) in [6, 6.07) is 7.87. The molecule has 0 aliphatic carbocycles. The van der Waals surface area contributed by atoms with Crippen LogP contribution in [-0.2, 0) is 16.0 Å². The Morgan fingerprint density at radius 2 is 2.21 bits per heavy atom. The Balaban J connectivity index is 1.50. The molecule has 0 saturated carbocycles. The number of nitrogens with zero attached hydrogens (tertiary/aromatic N) is 3. The summed E-state index contributed by atoms with van der Waals surface area (Å²) in [7, 11) is 0. The molecule has 1 saturated heterocycles. The van der Waals surface area contributed by atoms with E-state index in [1.807, 2.05) is 25.1 Å². The second-order valence-electron chi connectivity index (χ2n) is 6.33. The van der Waals surface area contributed by atoms with Crippen molar-refractivity contribution < 1.29 is 9.53 Å². The number of para-hydroxylation sites is 1. The van der Waals surface area contributed by atoms with Crippen LogP contribution in [0.2, 0.25) is 0 Å². The maximum Gasteiger partial charge on any atom is 0.241 e. The molecule has 2 atom stereocenters. The van der Waals surface area contributed by atoms with Gasteiger partial charge < -0.3 is 10.1 Å². The summed E-state index contributed by atoms with van der Waals surface area (Å²) in [5.74, 6) is 1.50. The Morgan fingerprint density at radius 3 is 3.04 bits per heavy atom. The molecule has 126 valence electrons. The quantitative estimate of drug-likeness (QED) is 0.872. The number of fused-ring (bicyclic) bond motifs is 1. The molecule has 7 heteroatoms. The van der Waals surface area contributed by atoms with Crippen molar-refractivity contribution in [2.75, 3.05) is 25.0 Å². The van der Waals surface area contributed by atoms with Crippen molar-refractivity contribution in [2.24, 2.45) is 0 Å². The van der Waals surface area contributed by atoms with Crippen LogP contribution in [0.15, 0.2) is 24.3 Å². The number of H-pyrrole nitrogens is 1. The zero-order chi connectivity index (χ0) is 16.5. The van der Waals surface area contributed by atoms with Gasteiger partial charge in [0.2, 0.25) is 5.91 Å². The molecular formula is C17H21N5O2. The largest absolute Gasteiger partial charge is 0.367 e. The molecule has 2 unspecified atom stereocenters. The molecule has 3 heterocycles. The lowest BCUT2D eigenvalue weighted by Gasteiger charge is -2.36. The predicted octanol–water partition coefficient (Wildman–Crippen LogP) is 1.44. The number of morpholine rings is 1. The molecule has 7 nitrogen and oxygen atoms in total. The van der Waals surface area contributed by atoms with Crippen molar-refractivity contribution in [3.05, 3.63) is 41.5 Å². The fraction of sp³-hybridized carbons (Fsp3) is 0.471. The topological polar surface area (TPSA) is 83.1 Å². The molecule has 1 fully saturated rings. The molecule has 4 rings (SSSR count). The van der Waals surface area contributed by atoms with E-state index in [2.05, 4.69) is 31.5 Å². The first-order chi connectivity index (χ1) is 11.7. The third kappa shape index (κ3) is 2.92. The number of nitrogens with one attached hydrogen (secondary N) is 2. The Morgan fingerprint density at radius 1 is 1.33 bits per heavy atom. The normalized spacial score (nSPS) is 25.0. The lowest BCUT2D eigenvalue weighted by Crippen LogP contribution is -2.49. The van der Waals surface area contributed by atoms with Gasteiger partial charge in [0.25, 0.3) is 0 Å². The van der Waals surface area contributed by atoms with Gasteiger partial charge in [0.1, 0.15) is 11.9 Å². The SMILES string of the molecule is Cc1nc(C2CN(C3CCc4ccccc4NC3=O)CCO2)n[nH]1. The molecule has 2 N–H and O–H groups in total. The van der Waals surface area contributed by atoms with E-state index < -0.39 is 0 Å². The number of hydrogen-bond acceptors (Lipinski definition) is 5. The molecule has 0 bridgehead atoms. The van der Waals surface area contributed by atoms with E-state index in [9.17, 15) is 4.79 Å². The van der Waals surface area contributed by atoms with Crippen LogP contribution >= 0.6 is 0 Å². The number of aryl methyl sites for hydroxylation is 2. The Hall–Kier alpha value is -2.25. The van der Waals surface area contributed by atoms with E-state index in [1.54, 1.807) is 0 Å². The highest BCUT2D eigenvalue weighted by atomic mass is 16.5. The number of aromatic amines is 1. The van der Waals surface area contributed by atoms with Crippen LogP contribution in [0.4, 0.5) is 5.69 Å². The van der Waals surface area contributed by atoms with Crippen molar-refractivity contribution in [3.8, 4) is 0 Å². The summed E-state index contributed by atoms with van der Waals surface area (Å²) in [4.78, 5) is 19.3. The van der Waals surface area contributed by atoms with Crippen molar-refractivity contribution in [1.82, 2.24) is 20.1 Å². The van der Waals surface area contributed by atoms with Crippen LogP contribution < -0.4 is 5.32 Å². The molecule has 0 radical (unpaired) electrons. The fourth-order valence-corrected chi connectivity index (χ4v) is 3.46. The van der Waals surface area contributed by atoms with Gasteiger partial charge in [0.05, 0.1) is 12.6 Å². The predicted molar refractivity (Wildman–Crippen MR) is 88.6 cm³/mol. The number of benzene rings is 1. The molecule has 0 spiro atoms. The Bertz CT molecular complexity index is 744. The molecule has 2 aliphatic heterocycles. The molecule has 2 aromatic rings. The van der Waals surface area contributed by atoms with Gasteiger partial charge in [-0.05, 0) is 31.4 Å². The standard InChI is InChI=1S/C17H21N5O2/c1-11-18-16(21-20-11)15-10-22(8-9-24-15)14-7-6-12-4-2-3-5-13(12)19-17(14)23/h2-5,14-15H,6-10H2,1H3,(H,19,23)(H,18,20,21). The summed E-state index contributed by atoms with van der Waals surface area (Å²) in [5.41, 5.74) is 2.13. The minimum Gasteiger partial charge on any atom is -0.367 e. The number of amides is 1. The average Bonchev–Trinajstić information content (AvgIpc) is 2.95. The number of hydrogen-bond donors (Lipinski definition) is 2. The number of aromatic nitrogens is 3. The van der Waals surface area contributed by atoms with Gasteiger partial charge in [-0.1, -0.05) is 18.2 Å². The first kappa shape index (κ1) is 15.3. The van der Waals surface area contributed by atoms with Crippen molar-refractivity contribution in [1.29, 1.82) is 0 Å². The smallest absolute Gasteiger partial charge is 0.241 e. The second-order valence-corrected chi connectivity index (χ2v) is 6.33. The number of anilines is 1. The van der Waals surface area contributed by atoms with E-state index in [1.165, 1.54) is 5.56 Å². The Kier molecular flexibility index (Phi) is 4.03. The zero-order valence-electron chi connectivity index (χ0n) is 13.7. The van der Waals surface area contributed by atoms with Crippen molar-refractivity contribution in [3.63, 3.8) is 0 Å². The summed E-state index contributed by atoms with van der Waals surface area (Å²) < 4.78 is 5.81. The average molecular weight is 327 g/mol. The minimum atomic E-state index is -0.192. The third-order valence-corrected chi connectivity index (χ3v) is 4.71. The van der Waals surface area contributed by atoms with Gasteiger partial charge in [-0.25, -0.2) is 4.98 Å². The van der Waals surface area contributed by atoms with Crippen LogP contribution in [-0.4, -0.2) is 51.7 Å². The highest BCUT2D eigenvalue weighted by molar-refractivity contribution is 5.96. The van der Waals surface area contributed by atoms with Crippen LogP contribution in [0.5, 0.6) is 0 Å². The number of carbonyl (C=O) groups is 1. The van der Waals surface area contributed by atoms with Gasteiger partial charge in [0, 0.05) is 18.8 Å². The van der Waals surface area contributed by atoms with E-state index in [0.29, 0.717) is 19.0 Å². The Labute approximate surface area is 140 Å². The molecule has 1 amide bonds. The highest BCUT2D eigenvalue weighted by Crippen LogP contribution is 2.27. The molecular weight excluding hydrogens is 306 g/mol. The molecule has 1 aromatic carbocycles. The first-order valence-electron chi connectivity index (χ1n) is 8.34. The van der Waals surface area contributed by atoms with Crippen molar-refractivity contribution >= 4 is 11.6 Å². The lowest BCUT2D eigenvalue weighted by atomic mass is 10.0. The van der Waals surface area contributed by atoms with E-state index >= 15 is 0 Å². The maximum absolute atomic E-state index is 12.7. The number of ether oxygens (including phenoxy) is 1. The highest BCUT2D eigenvalue weighted by Gasteiger charge is 2.34. The first-order valence-corrected chi connectivity index (χ1v) is 8.34. The third-order valence-electron chi connectivity index (χ3n) is 4.71. The lowest BCUT2D eigenvalue weighted by molar-refractivity contribution is -0.125. The fourth-order valence-electron chi connectivity index (χ4n) is 3.46. The van der Waals surface area contributed by atoms with Crippen molar-refractivity contribution in [2.45, 2.75) is 31.9 Å². The number of rotatable bonds is 2. The molecule has 2 aliphatic rings. The molecule has 24 heavy (non-hydrogen) atoms. The second kappa shape index (κ2) is 6.33. The summed E-state index contributed by atoms with van der Waals surface area (Å²) in [5, 5.41) is 10.1. The van der Waals surface area contributed by atoms with Gasteiger partial charge in [0.15, 0.2) is 5.82 Å². The summed E-state index contributed by atoms with van der Waals surface area (Å²) in [6.07, 6.45) is 1.51. The maximum atomic E-state index is 12.7. The van der Waals surface area contributed by atoms with E-state index in [4.69, 9.17) is 4.74 Å². The molecule has 1 aromatic heterocycles. The summed E-state index contributed by atoms with van der Waals surface area (Å²) in [6.45, 7) is 3.82. The van der Waals surface area contributed by atoms with Crippen LogP contribution in [0.1, 0.15) is 29.7 Å². The zero-order valence-corrected chi connectivity index (χ0v) is 13.7. The van der Waals surface area contributed by atoms with Gasteiger partial charge in [-0.3, -0.25) is 14.8 Å². The number of carbonyl (C=O) groups excluding carboxylic acids is 1. The van der Waals surface area contributed by atoms with Crippen LogP contribution in [0.25, 0.3) is 0 Å². The van der Waals surface area contributed by atoms with Crippen LogP contribution in [0.3, 0.4) is 0 Å². The van der Waals surface area contributed by atoms with Crippen LogP contribution in [0, 0.1) is 6.92 Å². The van der Waals surface area contributed by atoms with E-state index in [-0.39, 0.29) is 18.1 Å². The summed E-state index contributed by atoms with van der Waals surface area (Å²) >= 11 is 0. The van der Waals surface area contributed by atoms with Gasteiger partial charge in [-0.2, -0.15) is 5.10 Å². The van der Waals surface area contributed by atoms with Gasteiger partial charge in [-0.15, -0.1) is 0 Å². The monoisotopic (exact) mass is 327 g/mol. The van der Waals surface area contributed by atoms with Gasteiger partial charge >= 0.3 is 0 Å².